The second-order valence-electron chi connectivity index (χ2n) is 3.87. The maximum Gasteiger partial charge on any atom is 0.0836 e. The molecular formula is C10H18O2. The van der Waals surface area contributed by atoms with Crippen molar-refractivity contribution in [3.63, 3.8) is 0 Å². The van der Waals surface area contributed by atoms with Gasteiger partial charge in [-0.2, -0.15) is 0 Å². The number of rotatable bonds is 3. The predicted molar refractivity (Wildman–Crippen MR) is 49.0 cm³/mol. The van der Waals surface area contributed by atoms with Gasteiger partial charge in [-0.05, 0) is 19.8 Å². The Bertz CT molecular complexity index is 167. The Morgan fingerprint density at radius 3 is 2.92 bits per heavy atom. The Balaban J connectivity index is 2.50. The van der Waals surface area contributed by atoms with Crippen LogP contribution < -0.4 is 0 Å². The van der Waals surface area contributed by atoms with Crippen LogP contribution in [0, 0.1) is 5.92 Å². The average molecular weight is 170 g/mol. The first-order valence-corrected chi connectivity index (χ1v) is 4.53. The highest BCUT2D eigenvalue weighted by atomic mass is 16.5. The normalized spacial score (nSPS) is 38.1. The molecule has 1 saturated heterocycles. The molecule has 1 rings (SSSR count). The van der Waals surface area contributed by atoms with Crippen molar-refractivity contribution < 1.29 is 9.84 Å². The van der Waals surface area contributed by atoms with Crippen LogP contribution in [-0.4, -0.2) is 23.4 Å². The minimum Gasteiger partial charge on any atom is -0.396 e. The van der Waals surface area contributed by atoms with E-state index in [1.165, 1.54) is 0 Å². The minimum atomic E-state index is -0.159. The number of aliphatic hydroxyl groups excluding tert-OH is 1. The molecule has 0 bridgehead atoms. The fourth-order valence-corrected chi connectivity index (χ4v) is 1.56. The molecule has 0 radical (unpaired) electrons. The lowest BCUT2D eigenvalue weighted by atomic mass is 9.99. The summed E-state index contributed by atoms with van der Waals surface area (Å²) in [5, 5.41) is 8.93. The van der Waals surface area contributed by atoms with Crippen molar-refractivity contribution in [3.8, 4) is 0 Å². The summed E-state index contributed by atoms with van der Waals surface area (Å²) in [5.41, 5.74) is -0.159. The summed E-state index contributed by atoms with van der Waals surface area (Å²) in [6.45, 7) is 8.01. The summed E-state index contributed by atoms with van der Waals surface area (Å²) in [6, 6.07) is 0. The van der Waals surface area contributed by atoms with Crippen LogP contribution in [-0.2, 0) is 4.74 Å². The Morgan fingerprint density at radius 2 is 2.50 bits per heavy atom. The third-order valence-corrected chi connectivity index (χ3v) is 2.70. The van der Waals surface area contributed by atoms with Gasteiger partial charge in [-0.15, -0.1) is 6.58 Å². The molecule has 1 heterocycles. The van der Waals surface area contributed by atoms with E-state index in [0.717, 1.165) is 12.8 Å². The summed E-state index contributed by atoms with van der Waals surface area (Å²) in [5.74, 6) is 0.242. The van der Waals surface area contributed by atoms with Crippen molar-refractivity contribution in [1.29, 1.82) is 0 Å². The van der Waals surface area contributed by atoms with Crippen LogP contribution >= 0.6 is 0 Å². The largest absolute Gasteiger partial charge is 0.396 e. The standard InChI is InChI=1S/C10H18O2/c1-4-10(3)6-5-9(12-10)8(2)7-11/h4,8-9,11H,1,5-7H2,2-3H3/t8-,9-,10-/m0/s1. The van der Waals surface area contributed by atoms with E-state index in [-0.39, 0.29) is 24.2 Å². The Hall–Kier alpha value is -0.340. The van der Waals surface area contributed by atoms with Crippen molar-refractivity contribution in [2.45, 2.75) is 38.4 Å². The average Bonchev–Trinajstić information content (AvgIpc) is 2.48. The fourth-order valence-electron chi connectivity index (χ4n) is 1.56. The Kier molecular flexibility index (Phi) is 2.91. The van der Waals surface area contributed by atoms with Crippen molar-refractivity contribution in [3.05, 3.63) is 12.7 Å². The number of aliphatic hydroxyl groups is 1. The molecule has 12 heavy (non-hydrogen) atoms. The minimum absolute atomic E-state index is 0.159. The maximum absolute atomic E-state index is 8.93. The van der Waals surface area contributed by atoms with Gasteiger partial charge in [-0.3, -0.25) is 0 Å². The first-order chi connectivity index (χ1) is 5.61. The zero-order chi connectivity index (χ0) is 9.19. The van der Waals surface area contributed by atoms with E-state index >= 15 is 0 Å². The van der Waals surface area contributed by atoms with Crippen LogP contribution in [0.2, 0.25) is 0 Å². The van der Waals surface area contributed by atoms with Crippen molar-refractivity contribution >= 4 is 0 Å². The molecule has 0 aliphatic carbocycles. The van der Waals surface area contributed by atoms with Crippen LogP contribution in [0.5, 0.6) is 0 Å². The number of hydrogen-bond donors (Lipinski definition) is 1. The first-order valence-electron chi connectivity index (χ1n) is 4.53. The molecule has 0 unspecified atom stereocenters. The van der Waals surface area contributed by atoms with Crippen molar-refractivity contribution in [2.75, 3.05) is 6.61 Å². The Morgan fingerprint density at radius 1 is 1.83 bits per heavy atom. The molecule has 0 aromatic rings. The van der Waals surface area contributed by atoms with Gasteiger partial charge in [-0.1, -0.05) is 13.0 Å². The molecule has 0 aromatic carbocycles. The first kappa shape index (κ1) is 9.75. The molecule has 0 aromatic heterocycles. The predicted octanol–water partition coefficient (Wildman–Crippen LogP) is 1.74. The maximum atomic E-state index is 8.93. The topological polar surface area (TPSA) is 29.5 Å². The molecule has 2 heteroatoms. The Labute approximate surface area is 74.2 Å². The summed E-state index contributed by atoms with van der Waals surface area (Å²) < 4.78 is 5.77. The van der Waals surface area contributed by atoms with E-state index in [2.05, 4.69) is 6.58 Å². The van der Waals surface area contributed by atoms with E-state index in [4.69, 9.17) is 9.84 Å². The zero-order valence-corrected chi connectivity index (χ0v) is 7.92. The molecular weight excluding hydrogens is 152 g/mol. The molecule has 0 spiro atoms. The lowest BCUT2D eigenvalue weighted by Crippen LogP contribution is -2.26. The molecule has 2 nitrogen and oxygen atoms in total. The summed E-state index contributed by atoms with van der Waals surface area (Å²) in [7, 11) is 0. The molecule has 1 N–H and O–H groups in total. The number of ether oxygens (including phenoxy) is 1. The second kappa shape index (κ2) is 3.58. The van der Waals surface area contributed by atoms with Gasteiger partial charge < -0.3 is 9.84 Å². The number of hydrogen-bond acceptors (Lipinski definition) is 2. The molecule has 1 aliphatic heterocycles. The summed E-state index contributed by atoms with van der Waals surface area (Å²) >= 11 is 0. The van der Waals surface area contributed by atoms with Gasteiger partial charge in [0.05, 0.1) is 11.7 Å². The summed E-state index contributed by atoms with van der Waals surface area (Å²) in [6.07, 6.45) is 4.12. The van der Waals surface area contributed by atoms with Crippen LogP contribution in [0.3, 0.4) is 0 Å². The van der Waals surface area contributed by atoms with Crippen LogP contribution in [0.15, 0.2) is 12.7 Å². The van der Waals surface area contributed by atoms with E-state index in [9.17, 15) is 0 Å². The van der Waals surface area contributed by atoms with Crippen LogP contribution in [0.1, 0.15) is 26.7 Å². The van der Waals surface area contributed by atoms with E-state index in [1.54, 1.807) is 0 Å². The lowest BCUT2D eigenvalue weighted by molar-refractivity contribution is -0.0305. The van der Waals surface area contributed by atoms with Gasteiger partial charge >= 0.3 is 0 Å². The summed E-state index contributed by atoms with van der Waals surface area (Å²) in [4.78, 5) is 0. The molecule has 1 fully saturated rings. The monoisotopic (exact) mass is 170 g/mol. The smallest absolute Gasteiger partial charge is 0.0836 e. The molecule has 1 aliphatic rings. The van der Waals surface area contributed by atoms with Gasteiger partial charge in [0, 0.05) is 12.5 Å². The van der Waals surface area contributed by atoms with Gasteiger partial charge in [0.2, 0.25) is 0 Å². The third kappa shape index (κ3) is 1.87. The second-order valence-corrected chi connectivity index (χ2v) is 3.87. The molecule has 0 saturated carbocycles. The van der Waals surface area contributed by atoms with Crippen LogP contribution in [0.4, 0.5) is 0 Å². The highest BCUT2D eigenvalue weighted by Crippen LogP contribution is 2.33. The zero-order valence-electron chi connectivity index (χ0n) is 7.92. The highest BCUT2D eigenvalue weighted by molar-refractivity contribution is 4.99. The van der Waals surface area contributed by atoms with Crippen molar-refractivity contribution in [1.82, 2.24) is 0 Å². The van der Waals surface area contributed by atoms with Crippen LogP contribution in [0.25, 0.3) is 0 Å². The fraction of sp³-hybridized carbons (Fsp3) is 0.800. The third-order valence-electron chi connectivity index (χ3n) is 2.70. The molecule has 70 valence electrons. The van der Waals surface area contributed by atoms with E-state index < -0.39 is 0 Å². The van der Waals surface area contributed by atoms with Gasteiger partial charge in [-0.25, -0.2) is 0 Å². The van der Waals surface area contributed by atoms with E-state index in [1.807, 2.05) is 19.9 Å². The van der Waals surface area contributed by atoms with Gasteiger partial charge in [0.15, 0.2) is 0 Å². The van der Waals surface area contributed by atoms with Gasteiger partial charge in [0.1, 0.15) is 0 Å². The molecule has 0 amide bonds. The highest BCUT2D eigenvalue weighted by Gasteiger charge is 2.35. The van der Waals surface area contributed by atoms with Crippen molar-refractivity contribution in [2.24, 2.45) is 5.92 Å². The van der Waals surface area contributed by atoms with E-state index in [0.29, 0.717) is 0 Å². The molecule has 3 atom stereocenters. The quantitative estimate of drug-likeness (QED) is 0.654. The lowest BCUT2D eigenvalue weighted by Gasteiger charge is -2.23. The van der Waals surface area contributed by atoms with Gasteiger partial charge in [0.25, 0.3) is 0 Å². The SMILES string of the molecule is C=C[C@@]1(C)CC[C@@H]([C@@H](C)CO)O1.